The lowest BCUT2D eigenvalue weighted by Crippen LogP contribution is -2.53. The fraction of sp³-hybridized carbons (Fsp3) is 0.667. The summed E-state index contributed by atoms with van der Waals surface area (Å²) in [6.45, 7) is 4.53. The Balaban J connectivity index is 1.72. The maximum absolute atomic E-state index is 11.8. The number of rotatable bonds is 0. The molecule has 4 aliphatic rings. The molecule has 0 heterocycles. The van der Waals surface area contributed by atoms with Crippen molar-refractivity contribution in [3.05, 3.63) is 23.8 Å². The highest BCUT2D eigenvalue weighted by Crippen LogP contribution is 2.66. The van der Waals surface area contributed by atoms with E-state index in [0.29, 0.717) is 17.8 Å². The van der Waals surface area contributed by atoms with E-state index in [1.807, 2.05) is 6.08 Å². The zero-order valence-corrected chi connectivity index (χ0v) is 14.1. The van der Waals surface area contributed by atoms with Crippen LogP contribution in [0.15, 0.2) is 23.8 Å². The maximum Gasteiger partial charge on any atom is 0.178 e. The second kappa shape index (κ2) is 4.61. The molecule has 0 aromatic heterocycles. The molecule has 2 heteroatoms. The molecule has 0 bridgehead atoms. The summed E-state index contributed by atoms with van der Waals surface area (Å²) in [5, 5.41) is 11.0. The average Bonchev–Trinajstić information content (AvgIpc) is 2.80. The van der Waals surface area contributed by atoms with Gasteiger partial charge < -0.3 is 5.11 Å². The van der Waals surface area contributed by atoms with Gasteiger partial charge in [0.2, 0.25) is 0 Å². The standard InChI is InChI=1S/C21H26O2/c1-4-21(23)12-9-18-16-6-5-14-13-15(22)7-10-19(14,2)17(16)8-11-20(18,21)3/h1,7,10,13,16-18,23H,5-6,8-9,11-12H2,2-3H3/t16-,17-,18+,19+,20+,21?/m1/s1. The first-order chi connectivity index (χ1) is 10.8. The van der Waals surface area contributed by atoms with Crippen molar-refractivity contribution < 1.29 is 9.90 Å². The third-order valence-electron chi connectivity index (χ3n) is 7.95. The highest BCUT2D eigenvalue weighted by molar-refractivity contribution is 6.01. The van der Waals surface area contributed by atoms with E-state index in [1.165, 1.54) is 5.57 Å². The summed E-state index contributed by atoms with van der Waals surface area (Å²) in [6, 6.07) is 0. The Hall–Kier alpha value is -1.33. The Morgan fingerprint density at radius 2 is 1.96 bits per heavy atom. The van der Waals surface area contributed by atoms with E-state index >= 15 is 0 Å². The minimum Gasteiger partial charge on any atom is -0.377 e. The molecule has 0 aliphatic heterocycles. The predicted octanol–water partition coefficient (Wildman–Crippen LogP) is 3.66. The molecule has 6 atom stereocenters. The summed E-state index contributed by atoms with van der Waals surface area (Å²) in [5.74, 6) is 4.56. The van der Waals surface area contributed by atoms with E-state index in [-0.39, 0.29) is 16.6 Å². The van der Waals surface area contributed by atoms with Crippen LogP contribution in [0.2, 0.25) is 0 Å². The molecule has 3 fully saturated rings. The summed E-state index contributed by atoms with van der Waals surface area (Å²) in [7, 11) is 0. The van der Waals surface area contributed by atoms with Gasteiger partial charge in [0, 0.05) is 10.8 Å². The van der Waals surface area contributed by atoms with Crippen LogP contribution < -0.4 is 0 Å². The largest absolute Gasteiger partial charge is 0.377 e. The minimum absolute atomic E-state index is 0.0228. The van der Waals surface area contributed by atoms with Crippen LogP contribution in [0.4, 0.5) is 0 Å². The lowest BCUT2D eigenvalue weighted by Gasteiger charge is -2.57. The van der Waals surface area contributed by atoms with Crippen LogP contribution in [0, 0.1) is 40.9 Å². The van der Waals surface area contributed by atoms with Gasteiger partial charge in [-0.3, -0.25) is 4.79 Å². The van der Waals surface area contributed by atoms with Crippen molar-refractivity contribution in [3.63, 3.8) is 0 Å². The topological polar surface area (TPSA) is 37.3 Å². The third kappa shape index (κ3) is 1.78. The monoisotopic (exact) mass is 310 g/mol. The number of hydrogen-bond donors (Lipinski definition) is 1. The molecule has 3 saturated carbocycles. The molecule has 0 spiro atoms. The molecular formula is C21H26O2. The van der Waals surface area contributed by atoms with Crippen LogP contribution in [0.3, 0.4) is 0 Å². The highest BCUT2D eigenvalue weighted by atomic mass is 16.3. The van der Waals surface area contributed by atoms with E-state index in [1.54, 1.807) is 6.08 Å². The Labute approximate surface area is 139 Å². The Bertz CT molecular complexity index is 666. The van der Waals surface area contributed by atoms with Gasteiger partial charge in [0.25, 0.3) is 0 Å². The zero-order valence-electron chi connectivity index (χ0n) is 14.1. The van der Waals surface area contributed by atoms with Crippen molar-refractivity contribution in [2.45, 2.75) is 58.0 Å². The quantitative estimate of drug-likeness (QED) is 0.693. The van der Waals surface area contributed by atoms with Crippen LogP contribution in [0.25, 0.3) is 0 Å². The normalized spacial score (nSPS) is 51.3. The third-order valence-corrected chi connectivity index (χ3v) is 7.95. The van der Waals surface area contributed by atoms with Crippen molar-refractivity contribution in [3.8, 4) is 12.3 Å². The number of terminal acetylenes is 1. The van der Waals surface area contributed by atoms with Crippen molar-refractivity contribution >= 4 is 5.78 Å². The molecule has 0 saturated heterocycles. The van der Waals surface area contributed by atoms with Gasteiger partial charge in [0.1, 0.15) is 5.60 Å². The first kappa shape index (κ1) is 15.2. The van der Waals surface area contributed by atoms with Crippen molar-refractivity contribution in [2.24, 2.45) is 28.6 Å². The van der Waals surface area contributed by atoms with Crippen molar-refractivity contribution in [1.82, 2.24) is 0 Å². The molecule has 23 heavy (non-hydrogen) atoms. The predicted molar refractivity (Wildman–Crippen MR) is 90.4 cm³/mol. The summed E-state index contributed by atoms with van der Waals surface area (Å²) in [6.07, 6.45) is 17.5. The number of carbonyl (C=O) groups is 1. The number of allylic oxidation sites excluding steroid dienone is 4. The van der Waals surface area contributed by atoms with E-state index in [9.17, 15) is 9.90 Å². The van der Waals surface area contributed by atoms with Crippen LogP contribution in [-0.4, -0.2) is 16.5 Å². The van der Waals surface area contributed by atoms with E-state index in [0.717, 1.165) is 38.5 Å². The molecule has 2 nitrogen and oxygen atoms in total. The smallest absolute Gasteiger partial charge is 0.178 e. The fourth-order valence-corrected chi connectivity index (χ4v) is 6.45. The summed E-state index contributed by atoms with van der Waals surface area (Å²) in [5.41, 5.74) is 0.266. The zero-order chi connectivity index (χ0) is 16.5. The molecule has 0 aromatic rings. The van der Waals surface area contributed by atoms with Crippen molar-refractivity contribution in [2.75, 3.05) is 0 Å². The SMILES string of the molecule is C#CC1(O)CC[C@H]2[C@@H]3CCC4=CC(=O)C=C[C@]4(C)[C@@H]3CC[C@@]21C. The second-order valence-electron chi connectivity index (χ2n) is 8.60. The Morgan fingerprint density at radius 3 is 2.70 bits per heavy atom. The van der Waals surface area contributed by atoms with Crippen LogP contribution in [0.1, 0.15) is 52.4 Å². The van der Waals surface area contributed by atoms with Gasteiger partial charge in [0.15, 0.2) is 5.78 Å². The van der Waals surface area contributed by atoms with Crippen LogP contribution in [-0.2, 0) is 4.79 Å². The van der Waals surface area contributed by atoms with Gasteiger partial charge in [-0.1, -0.05) is 31.4 Å². The first-order valence-electron chi connectivity index (χ1n) is 8.98. The average molecular weight is 310 g/mol. The number of aliphatic hydroxyl groups is 1. The van der Waals surface area contributed by atoms with Crippen LogP contribution >= 0.6 is 0 Å². The summed E-state index contributed by atoms with van der Waals surface area (Å²) >= 11 is 0. The Morgan fingerprint density at radius 1 is 1.22 bits per heavy atom. The number of ketones is 1. The molecule has 0 radical (unpaired) electrons. The maximum atomic E-state index is 11.8. The molecule has 4 rings (SSSR count). The van der Waals surface area contributed by atoms with Gasteiger partial charge in [-0.2, -0.15) is 0 Å². The van der Waals surface area contributed by atoms with Crippen LogP contribution in [0.5, 0.6) is 0 Å². The minimum atomic E-state index is -0.933. The number of carbonyl (C=O) groups excluding carboxylic acids is 1. The lowest BCUT2D eigenvalue weighted by molar-refractivity contribution is -0.111. The molecule has 0 amide bonds. The van der Waals surface area contributed by atoms with Gasteiger partial charge in [-0.15, -0.1) is 6.42 Å². The Kier molecular flexibility index (Phi) is 3.05. The lowest BCUT2D eigenvalue weighted by atomic mass is 9.47. The van der Waals surface area contributed by atoms with Gasteiger partial charge >= 0.3 is 0 Å². The number of hydrogen-bond acceptors (Lipinski definition) is 2. The molecular weight excluding hydrogens is 284 g/mol. The highest BCUT2D eigenvalue weighted by Gasteiger charge is 2.63. The first-order valence-corrected chi connectivity index (χ1v) is 8.98. The molecule has 0 aromatic carbocycles. The van der Waals surface area contributed by atoms with Gasteiger partial charge in [-0.25, -0.2) is 0 Å². The molecule has 1 N–H and O–H groups in total. The molecule has 122 valence electrons. The number of fused-ring (bicyclic) bond motifs is 5. The van der Waals surface area contributed by atoms with E-state index in [2.05, 4.69) is 25.8 Å². The molecule has 1 unspecified atom stereocenters. The summed E-state index contributed by atoms with van der Waals surface area (Å²) in [4.78, 5) is 11.8. The second-order valence-corrected chi connectivity index (χ2v) is 8.60. The molecule has 4 aliphatic carbocycles. The van der Waals surface area contributed by atoms with Gasteiger partial charge in [0.05, 0.1) is 0 Å². The fourth-order valence-electron chi connectivity index (χ4n) is 6.45. The van der Waals surface area contributed by atoms with E-state index < -0.39 is 5.60 Å². The van der Waals surface area contributed by atoms with Crippen molar-refractivity contribution in [1.29, 1.82) is 0 Å². The summed E-state index contributed by atoms with van der Waals surface area (Å²) < 4.78 is 0. The van der Waals surface area contributed by atoms with Gasteiger partial charge in [-0.05, 0) is 68.4 Å². The van der Waals surface area contributed by atoms with E-state index in [4.69, 9.17) is 6.42 Å².